The lowest BCUT2D eigenvalue weighted by molar-refractivity contribution is -0.384. The first-order valence-corrected chi connectivity index (χ1v) is 6.18. The van der Waals surface area contributed by atoms with Gasteiger partial charge in [0.05, 0.1) is 4.92 Å². The molecule has 1 aliphatic rings. The molecule has 0 saturated carbocycles. The molecule has 96 valence electrons. The molecule has 0 aromatic heterocycles. The third kappa shape index (κ3) is 2.22. The molecule has 0 unspecified atom stereocenters. The molecule has 1 aliphatic heterocycles. The molecule has 0 radical (unpaired) electrons. The van der Waals surface area contributed by atoms with Gasteiger partial charge in [-0.25, -0.2) is 0 Å². The van der Waals surface area contributed by atoms with Crippen LogP contribution in [0.4, 0.5) is 5.69 Å². The SMILES string of the molecule is CN1Cc2ccc(-c3cccc([N+](=O)[O-])c3)cc2C1. The zero-order valence-corrected chi connectivity index (χ0v) is 10.7. The molecule has 0 aliphatic carbocycles. The summed E-state index contributed by atoms with van der Waals surface area (Å²) < 4.78 is 0. The molecule has 19 heavy (non-hydrogen) atoms. The van der Waals surface area contributed by atoms with Crippen LogP contribution in [0.15, 0.2) is 42.5 Å². The maximum atomic E-state index is 10.8. The molecule has 0 fully saturated rings. The van der Waals surface area contributed by atoms with E-state index in [1.54, 1.807) is 12.1 Å². The fraction of sp³-hybridized carbons (Fsp3) is 0.200. The number of nitrogens with zero attached hydrogens (tertiary/aromatic N) is 2. The molecule has 3 rings (SSSR count). The Morgan fingerprint density at radius 1 is 1.05 bits per heavy atom. The van der Waals surface area contributed by atoms with Crippen molar-refractivity contribution in [2.45, 2.75) is 13.1 Å². The summed E-state index contributed by atoms with van der Waals surface area (Å²) in [6.45, 7) is 1.92. The van der Waals surface area contributed by atoms with Crippen LogP contribution in [0.2, 0.25) is 0 Å². The van der Waals surface area contributed by atoms with E-state index < -0.39 is 0 Å². The van der Waals surface area contributed by atoms with Crippen molar-refractivity contribution in [2.75, 3.05) is 7.05 Å². The van der Waals surface area contributed by atoms with Crippen molar-refractivity contribution >= 4 is 5.69 Å². The number of benzene rings is 2. The Morgan fingerprint density at radius 3 is 2.58 bits per heavy atom. The normalized spacial score (nSPS) is 14.4. The van der Waals surface area contributed by atoms with E-state index in [4.69, 9.17) is 0 Å². The van der Waals surface area contributed by atoms with Crippen LogP contribution in [0.25, 0.3) is 11.1 Å². The molecular formula is C15H14N2O2. The van der Waals surface area contributed by atoms with Crippen LogP contribution >= 0.6 is 0 Å². The van der Waals surface area contributed by atoms with E-state index in [0.717, 1.165) is 24.2 Å². The van der Waals surface area contributed by atoms with Crippen LogP contribution < -0.4 is 0 Å². The van der Waals surface area contributed by atoms with Gasteiger partial charge >= 0.3 is 0 Å². The predicted octanol–water partition coefficient (Wildman–Crippen LogP) is 3.21. The number of non-ortho nitro benzene ring substituents is 1. The lowest BCUT2D eigenvalue weighted by Crippen LogP contribution is -2.07. The molecule has 0 saturated heterocycles. The fourth-order valence-electron chi connectivity index (χ4n) is 2.54. The second-order valence-corrected chi connectivity index (χ2v) is 4.96. The molecular weight excluding hydrogens is 240 g/mol. The number of hydrogen-bond donors (Lipinski definition) is 0. The van der Waals surface area contributed by atoms with E-state index in [2.05, 4.69) is 24.1 Å². The van der Waals surface area contributed by atoms with E-state index in [1.807, 2.05) is 12.1 Å². The Balaban J connectivity index is 2.01. The van der Waals surface area contributed by atoms with Gasteiger partial charge in [0.2, 0.25) is 0 Å². The monoisotopic (exact) mass is 254 g/mol. The number of rotatable bonds is 2. The molecule has 0 N–H and O–H groups in total. The zero-order chi connectivity index (χ0) is 13.4. The van der Waals surface area contributed by atoms with Gasteiger partial charge in [0.15, 0.2) is 0 Å². The Labute approximate surface area is 111 Å². The zero-order valence-electron chi connectivity index (χ0n) is 10.7. The van der Waals surface area contributed by atoms with Crippen LogP contribution in [0.5, 0.6) is 0 Å². The van der Waals surface area contributed by atoms with Gasteiger partial charge in [-0.15, -0.1) is 0 Å². The highest BCUT2D eigenvalue weighted by atomic mass is 16.6. The number of hydrogen-bond acceptors (Lipinski definition) is 3. The third-order valence-corrected chi connectivity index (χ3v) is 3.48. The third-order valence-electron chi connectivity index (χ3n) is 3.48. The second-order valence-electron chi connectivity index (χ2n) is 4.96. The van der Waals surface area contributed by atoms with Gasteiger partial charge in [0.1, 0.15) is 0 Å². The van der Waals surface area contributed by atoms with Crippen molar-refractivity contribution in [1.29, 1.82) is 0 Å². The highest BCUT2D eigenvalue weighted by Gasteiger charge is 2.16. The summed E-state index contributed by atoms with van der Waals surface area (Å²) in [5.74, 6) is 0. The second kappa shape index (κ2) is 4.48. The van der Waals surface area contributed by atoms with Gasteiger partial charge in [-0.3, -0.25) is 15.0 Å². The van der Waals surface area contributed by atoms with Crippen molar-refractivity contribution in [2.24, 2.45) is 0 Å². The number of fused-ring (bicyclic) bond motifs is 1. The summed E-state index contributed by atoms with van der Waals surface area (Å²) in [6, 6.07) is 13.1. The Kier molecular flexibility index (Phi) is 2.80. The largest absolute Gasteiger partial charge is 0.298 e. The van der Waals surface area contributed by atoms with Crippen molar-refractivity contribution in [1.82, 2.24) is 4.90 Å². The summed E-state index contributed by atoms with van der Waals surface area (Å²) in [6.07, 6.45) is 0. The van der Waals surface area contributed by atoms with E-state index in [0.29, 0.717) is 0 Å². The quantitative estimate of drug-likeness (QED) is 0.610. The van der Waals surface area contributed by atoms with E-state index in [1.165, 1.54) is 17.2 Å². The van der Waals surface area contributed by atoms with E-state index >= 15 is 0 Å². The summed E-state index contributed by atoms with van der Waals surface area (Å²) in [5.41, 5.74) is 4.72. The molecule has 0 bridgehead atoms. The maximum Gasteiger partial charge on any atom is 0.270 e. The van der Waals surface area contributed by atoms with Crippen LogP contribution in [0.1, 0.15) is 11.1 Å². The lowest BCUT2D eigenvalue weighted by atomic mass is 10.0. The van der Waals surface area contributed by atoms with Gasteiger partial charge < -0.3 is 0 Å². The minimum atomic E-state index is -0.357. The van der Waals surface area contributed by atoms with Gasteiger partial charge in [-0.2, -0.15) is 0 Å². The Bertz CT molecular complexity index is 652. The molecule has 0 spiro atoms. The molecule has 0 amide bonds. The van der Waals surface area contributed by atoms with Crippen LogP contribution in [0.3, 0.4) is 0 Å². The van der Waals surface area contributed by atoms with Crippen LogP contribution in [-0.2, 0) is 13.1 Å². The molecule has 4 nitrogen and oxygen atoms in total. The van der Waals surface area contributed by atoms with Crippen molar-refractivity contribution < 1.29 is 4.92 Å². The van der Waals surface area contributed by atoms with Crippen LogP contribution in [-0.4, -0.2) is 16.9 Å². The topological polar surface area (TPSA) is 46.4 Å². The Morgan fingerprint density at radius 2 is 1.79 bits per heavy atom. The molecule has 0 atom stereocenters. The molecule has 2 aromatic carbocycles. The predicted molar refractivity (Wildman–Crippen MR) is 73.7 cm³/mol. The van der Waals surface area contributed by atoms with Crippen molar-refractivity contribution in [3.05, 3.63) is 63.7 Å². The molecule has 2 aromatic rings. The van der Waals surface area contributed by atoms with E-state index in [-0.39, 0.29) is 10.6 Å². The molecule has 4 heteroatoms. The first kappa shape index (κ1) is 11.9. The maximum absolute atomic E-state index is 10.8. The first-order chi connectivity index (χ1) is 9.13. The smallest absolute Gasteiger partial charge is 0.270 e. The van der Waals surface area contributed by atoms with E-state index in [9.17, 15) is 10.1 Å². The van der Waals surface area contributed by atoms with Crippen molar-refractivity contribution in [3.63, 3.8) is 0 Å². The first-order valence-electron chi connectivity index (χ1n) is 6.18. The minimum Gasteiger partial charge on any atom is -0.298 e. The lowest BCUT2D eigenvalue weighted by Gasteiger charge is -2.04. The highest BCUT2D eigenvalue weighted by molar-refractivity contribution is 5.67. The highest BCUT2D eigenvalue weighted by Crippen LogP contribution is 2.29. The minimum absolute atomic E-state index is 0.134. The summed E-state index contributed by atoms with van der Waals surface area (Å²) in [5, 5.41) is 10.8. The van der Waals surface area contributed by atoms with Crippen LogP contribution in [0, 0.1) is 10.1 Å². The summed E-state index contributed by atoms with van der Waals surface area (Å²) in [7, 11) is 2.09. The van der Waals surface area contributed by atoms with Gasteiger partial charge in [-0.05, 0) is 35.4 Å². The van der Waals surface area contributed by atoms with Gasteiger partial charge in [0.25, 0.3) is 5.69 Å². The number of nitro benzene ring substituents is 1. The summed E-state index contributed by atoms with van der Waals surface area (Å²) in [4.78, 5) is 12.7. The average molecular weight is 254 g/mol. The number of nitro groups is 1. The molecule has 1 heterocycles. The fourth-order valence-corrected chi connectivity index (χ4v) is 2.54. The van der Waals surface area contributed by atoms with Crippen molar-refractivity contribution in [3.8, 4) is 11.1 Å². The standard InChI is InChI=1S/C15H14N2O2/c1-16-9-13-6-5-12(7-14(13)10-16)11-3-2-4-15(8-11)17(18)19/h2-8H,9-10H2,1H3. The summed E-state index contributed by atoms with van der Waals surface area (Å²) >= 11 is 0. The Hall–Kier alpha value is -2.20. The van der Waals surface area contributed by atoms with Gasteiger partial charge in [-0.1, -0.05) is 24.3 Å². The average Bonchev–Trinajstić information content (AvgIpc) is 2.77. The van der Waals surface area contributed by atoms with Gasteiger partial charge in [0, 0.05) is 25.2 Å².